The van der Waals surface area contributed by atoms with Gasteiger partial charge in [0, 0.05) is 22.4 Å². The van der Waals surface area contributed by atoms with Gasteiger partial charge in [-0.1, -0.05) is 15.9 Å². The number of rotatable bonds is 4. The van der Waals surface area contributed by atoms with Gasteiger partial charge in [-0.3, -0.25) is 4.98 Å². The number of nitrogens with two attached hydrogens (primary N) is 1. The third-order valence-electron chi connectivity index (χ3n) is 3.97. The normalized spacial score (nSPS) is 15.3. The van der Waals surface area contributed by atoms with Crippen LogP contribution in [0.1, 0.15) is 19.3 Å². The molecule has 106 valence electrons. The average Bonchev–Trinajstić information content (AvgIpc) is 2.36. The quantitative estimate of drug-likeness (QED) is 0.901. The van der Waals surface area contributed by atoms with Crippen molar-refractivity contribution in [3.8, 4) is 0 Å². The van der Waals surface area contributed by atoms with E-state index in [1.807, 2.05) is 12.1 Å². The molecule has 0 amide bonds. The van der Waals surface area contributed by atoms with E-state index < -0.39 is 0 Å². The predicted molar refractivity (Wildman–Crippen MR) is 85.9 cm³/mol. The van der Waals surface area contributed by atoms with Crippen molar-refractivity contribution in [3.63, 3.8) is 0 Å². The summed E-state index contributed by atoms with van der Waals surface area (Å²) in [5.74, 6) is 0. The van der Waals surface area contributed by atoms with Crippen molar-refractivity contribution >= 4 is 38.2 Å². The zero-order valence-electron chi connectivity index (χ0n) is 11.2. The van der Waals surface area contributed by atoms with Crippen LogP contribution in [0.15, 0.2) is 28.9 Å². The van der Waals surface area contributed by atoms with Gasteiger partial charge in [0.15, 0.2) is 0 Å². The Labute approximate surface area is 126 Å². The van der Waals surface area contributed by atoms with E-state index in [2.05, 4.69) is 31.9 Å². The molecule has 0 spiro atoms. The van der Waals surface area contributed by atoms with Gasteiger partial charge in [-0.15, -0.1) is 0 Å². The Morgan fingerprint density at radius 3 is 2.85 bits per heavy atom. The summed E-state index contributed by atoms with van der Waals surface area (Å²) in [6.07, 6.45) is 5.29. The Hall–Kier alpha value is -1.33. The fourth-order valence-electron chi connectivity index (χ4n) is 2.77. The number of nitrogens with zero attached hydrogens (tertiary/aromatic N) is 2. The van der Waals surface area contributed by atoms with Crippen LogP contribution in [0.3, 0.4) is 0 Å². The van der Waals surface area contributed by atoms with Gasteiger partial charge in [-0.2, -0.15) is 0 Å². The molecule has 1 fully saturated rings. The first-order valence-corrected chi connectivity index (χ1v) is 7.71. The lowest BCUT2D eigenvalue weighted by molar-refractivity contribution is 0.284. The number of nitrogen functional groups attached to an aromatic ring is 1. The Bertz CT molecular complexity index is 623. The smallest absolute Gasteiger partial charge is 0.0745 e. The Balaban J connectivity index is 2.15. The van der Waals surface area contributed by atoms with Gasteiger partial charge < -0.3 is 15.7 Å². The predicted octanol–water partition coefficient (Wildman–Crippen LogP) is 2.93. The lowest BCUT2D eigenvalue weighted by Gasteiger charge is -2.40. The minimum absolute atomic E-state index is 0.133. The molecule has 20 heavy (non-hydrogen) atoms. The van der Waals surface area contributed by atoms with Crippen molar-refractivity contribution in [1.29, 1.82) is 0 Å². The summed E-state index contributed by atoms with van der Waals surface area (Å²) >= 11 is 3.51. The maximum atomic E-state index is 9.38. The molecule has 1 saturated carbocycles. The van der Waals surface area contributed by atoms with E-state index in [0.29, 0.717) is 18.3 Å². The first-order valence-electron chi connectivity index (χ1n) is 6.92. The molecule has 1 aliphatic rings. The molecular weight excluding hydrogens is 318 g/mol. The molecular formula is C15H18BrN3O. The fourth-order valence-corrected chi connectivity index (χ4v) is 3.13. The average molecular weight is 336 g/mol. The van der Waals surface area contributed by atoms with Crippen LogP contribution in [0.5, 0.6) is 0 Å². The van der Waals surface area contributed by atoms with Gasteiger partial charge in [0.1, 0.15) is 0 Å². The number of aromatic nitrogens is 1. The molecule has 3 N–H and O–H groups in total. The van der Waals surface area contributed by atoms with E-state index in [-0.39, 0.29) is 6.61 Å². The van der Waals surface area contributed by atoms with Gasteiger partial charge >= 0.3 is 0 Å². The largest absolute Gasteiger partial charge is 0.396 e. The van der Waals surface area contributed by atoms with Crippen LogP contribution in [-0.2, 0) is 0 Å². The molecule has 0 unspecified atom stereocenters. The second-order valence-corrected chi connectivity index (χ2v) is 6.14. The summed E-state index contributed by atoms with van der Waals surface area (Å²) in [6, 6.07) is 6.50. The molecule has 1 aromatic carbocycles. The highest BCUT2D eigenvalue weighted by molar-refractivity contribution is 9.10. The van der Waals surface area contributed by atoms with Crippen LogP contribution in [0.2, 0.25) is 0 Å². The minimum atomic E-state index is 0.133. The van der Waals surface area contributed by atoms with Crippen LogP contribution in [0.4, 0.5) is 11.4 Å². The highest BCUT2D eigenvalue weighted by Crippen LogP contribution is 2.38. The van der Waals surface area contributed by atoms with Crippen molar-refractivity contribution in [2.24, 2.45) is 0 Å². The third-order valence-corrected chi connectivity index (χ3v) is 4.47. The van der Waals surface area contributed by atoms with Crippen molar-refractivity contribution in [2.45, 2.75) is 25.3 Å². The van der Waals surface area contributed by atoms with Gasteiger partial charge in [-0.25, -0.2) is 0 Å². The molecule has 1 heterocycles. The van der Waals surface area contributed by atoms with Crippen molar-refractivity contribution in [1.82, 2.24) is 4.98 Å². The second-order valence-electron chi connectivity index (χ2n) is 5.23. The molecule has 5 heteroatoms. The highest BCUT2D eigenvalue weighted by Gasteiger charge is 2.27. The lowest BCUT2D eigenvalue weighted by Crippen LogP contribution is -2.42. The van der Waals surface area contributed by atoms with Crippen LogP contribution >= 0.6 is 15.9 Å². The van der Waals surface area contributed by atoms with Gasteiger partial charge in [-0.05, 0) is 37.5 Å². The van der Waals surface area contributed by atoms with E-state index in [1.165, 1.54) is 6.42 Å². The Morgan fingerprint density at radius 2 is 2.20 bits per heavy atom. The number of aliphatic hydroxyl groups is 1. The number of anilines is 2. The molecule has 1 aromatic heterocycles. The lowest BCUT2D eigenvalue weighted by atomic mass is 9.90. The zero-order valence-corrected chi connectivity index (χ0v) is 12.8. The van der Waals surface area contributed by atoms with Crippen LogP contribution in [0, 0.1) is 0 Å². The van der Waals surface area contributed by atoms with E-state index in [9.17, 15) is 5.11 Å². The molecule has 0 bridgehead atoms. The number of hydrogen-bond acceptors (Lipinski definition) is 4. The Morgan fingerprint density at radius 1 is 1.40 bits per heavy atom. The van der Waals surface area contributed by atoms with Crippen LogP contribution in [-0.4, -0.2) is 29.3 Å². The van der Waals surface area contributed by atoms with E-state index in [1.54, 1.807) is 6.20 Å². The number of benzene rings is 1. The summed E-state index contributed by atoms with van der Waals surface area (Å²) in [7, 11) is 0. The monoisotopic (exact) mass is 335 g/mol. The maximum absolute atomic E-state index is 9.38. The van der Waals surface area contributed by atoms with E-state index in [0.717, 1.165) is 33.9 Å². The Kier molecular flexibility index (Phi) is 3.81. The van der Waals surface area contributed by atoms with Gasteiger partial charge in [0.05, 0.1) is 29.7 Å². The third kappa shape index (κ3) is 2.36. The summed E-state index contributed by atoms with van der Waals surface area (Å²) < 4.78 is 1.01. The number of hydrogen-bond donors (Lipinski definition) is 2. The van der Waals surface area contributed by atoms with Crippen molar-refractivity contribution in [2.75, 3.05) is 23.8 Å². The number of fused-ring (bicyclic) bond motifs is 1. The van der Waals surface area contributed by atoms with Crippen molar-refractivity contribution < 1.29 is 5.11 Å². The maximum Gasteiger partial charge on any atom is 0.0745 e. The van der Waals surface area contributed by atoms with Gasteiger partial charge in [0.25, 0.3) is 0 Å². The van der Waals surface area contributed by atoms with Crippen LogP contribution in [0.25, 0.3) is 10.9 Å². The van der Waals surface area contributed by atoms with Gasteiger partial charge in [0.2, 0.25) is 0 Å². The first-order chi connectivity index (χ1) is 9.70. The van der Waals surface area contributed by atoms with Crippen molar-refractivity contribution in [3.05, 3.63) is 28.9 Å². The number of aliphatic hydroxyl groups excluding tert-OH is 1. The van der Waals surface area contributed by atoms with Crippen LogP contribution < -0.4 is 10.6 Å². The summed E-state index contributed by atoms with van der Waals surface area (Å²) in [6.45, 7) is 0.744. The fraction of sp³-hybridized carbons (Fsp3) is 0.400. The number of halogens is 1. The molecule has 0 atom stereocenters. The molecule has 1 aliphatic carbocycles. The molecule has 2 aromatic rings. The topological polar surface area (TPSA) is 62.4 Å². The first kappa shape index (κ1) is 13.6. The molecule has 0 saturated heterocycles. The summed E-state index contributed by atoms with van der Waals surface area (Å²) in [5, 5.41) is 10.4. The summed E-state index contributed by atoms with van der Waals surface area (Å²) in [4.78, 5) is 6.64. The highest BCUT2D eigenvalue weighted by atomic mass is 79.9. The molecule has 0 radical (unpaired) electrons. The van der Waals surface area contributed by atoms with E-state index in [4.69, 9.17) is 5.73 Å². The standard InChI is InChI=1S/C15H18BrN3O/c16-10-4-5-14-12(8-10)15(13(17)9-18-14)19(6-7-20)11-2-1-3-11/h4-5,8-9,11,20H,1-3,6-7,17H2. The minimum Gasteiger partial charge on any atom is -0.396 e. The zero-order chi connectivity index (χ0) is 14.1. The van der Waals surface area contributed by atoms with E-state index >= 15 is 0 Å². The molecule has 4 nitrogen and oxygen atoms in total. The second kappa shape index (κ2) is 5.58. The molecule has 0 aliphatic heterocycles. The summed E-state index contributed by atoms with van der Waals surface area (Å²) in [5.41, 5.74) is 8.80. The molecule has 3 rings (SSSR count). The SMILES string of the molecule is Nc1cnc2ccc(Br)cc2c1N(CCO)C1CCC1. The number of pyridine rings is 1.